The number of benzene rings is 1. The first kappa shape index (κ1) is 17.9. The summed E-state index contributed by atoms with van der Waals surface area (Å²) in [6.07, 6.45) is 5.57. The molecule has 27 heavy (non-hydrogen) atoms. The molecular weight excluding hydrogens is 364 g/mol. The molecule has 140 valence electrons. The van der Waals surface area contributed by atoms with E-state index in [1.807, 2.05) is 24.3 Å². The van der Waals surface area contributed by atoms with Gasteiger partial charge in [-0.15, -0.1) is 0 Å². The molecule has 0 saturated carbocycles. The van der Waals surface area contributed by atoms with Crippen LogP contribution in [-0.2, 0) is 0 Å². The number of halogens is 1. The van der Waals surface area contributed by atoms with E-state index in [4.69, 9.17) is 20.9 Å². The van der Waals surface area contributed by atoms with E-state index in [-0.39, 0.29) is 0 Å². The lowest BCUT2D eigenvalue weighted by Gasteiger charge is -2.26. The molecule has 0 amide bonds. The van der Waals surface area contributed by atoms with Crippen LogP contribution in [0.1, 0.15) is 19.3 Å². The number of nitrogens with zero attached hydrogens (tertiary/aromatic N) is 4. The molecule has 3 aromatic rings. The smallest absolute Gasteiger partial charge is 0.263 e. The lowest BCUT2D eigenvalue weighted by molar-refractivity contribution is 0.180. The maximum Gasteiger partial charge on any atom is 0.263 e. The van der Waals surface area contributed by atoms with Crippen molar-refractivity contribution in [3.63, 3.8) is 0 Å². The highest BCUT2D eigenvalue weighted by atomic mass is 35.5. The molecule has 2 aromatic heterocycles. The van der Waals surface area contributed by atoms with E-state index >= 15 is 0 Å². The number of pyridine rings is 1. The lowest BCUT2D eigenvalue weighted by Crippen LogP contribution is -2.33. The van der Waals surface area contributed by atoms with E-state index in [0.29, 0.717) is 34.8 Å². The van der Waals surface area contributed by atoms with E-state index in [0.717, 1.165) is 25.2 Å². The molecule has 1 aromatic carbocycles. The summed E-state index contributed by atoms with van der Waals surface area (Å²) >= 11 is 5.93. The number of hydrogen-bond acceptors (Lipinski definition) is 6. The van der Waals surface area contributed by atoms with Gasteiger partial charge in [0.2, 0.25) is 11.7 Å². The molecule has 6 nitrogen and oxygen atoms in total. The van der Waals surface area contributed by atoms with Crippen molar-refractivity contribution in [1.82, 2.24) is 20.0 Å². The largest absolute Gasteiger partial charge is 0.476 e. The Morgan fingerprint density at radius 1 is 1.07 bits per heavy atom. The van der Waals surface area contributed by atoms with Gasteiger partial charge >= 0.3 is 0 Å². The second kappa shape index (κ2) is 8.50. The number of rotatable bonds is 6. The highest BCUT2D eigenvalue weighted by Gasteiger charge is 2.17. The minimum absolute atomic E-state index is 0.390. The second-order valence-electron chi connectivity index (χ2n) is 6.54. The molecule has 3 heterocycles. The first-order valence-electron chi connectivity index (χ1n) is 9.20. The molecule has 0 bridgehead atoms. The molecule has 4 rings (SSSR count). The van der Waals surface area contributed by atoms with Gasteiger partial charge in [0.05, 0.1) is 0 Å². The van der Waals surface area contributed by atoms with Gasteiger partial charge in [-0.3, -0.25) is 4.90 Å². The summed E-state index contributed by atoms with van der Waals surface area (Å²) in [6.45, 7) is 3.77. The lowest BCUT2D eigenvalue weighted by atomic mass is 10.1. The van der Waals surface area contributed by atoms with E-state index < -0.39 is 0 Å². The molecule has 7 heteroatoms. The van der Waals surface area contributed by atoms with Gasteiger partial charge in [-0.05, 0) is 62.3 Å². The highest BCUT2D eigenvalue weighted by Crippen LogP contribution is 2.28. The van der Waals surface area contributed by atoms with Crippen LogP contribution < -0.4 is 4.74 Å². The fourth-order valence-corrected chi connectivity index (χ4v) is 3.30. The normalized spacial score (nSPS) is 15.0. The maximum atomic E-state index is 5.93. The van der Waals surface area contributed by atoms with E-state index in [1.165, 1.54) is 19.3 Å². The Hall–Kier alpha value is -2.44. The Morgan fingerprint density at radius 3 is 2.70 bits per heavy atom. The van der Waals surface area contributed by atoms with Crippen molar-refractivity contribution in [1.29, 1.82) is 0 Å². The predicted molar refractivity (Wildman–Crippen MR) is 104 cm³/mol. The van der Waals surface area contributed by atoms with Crippen molar-refractivity contribution in [3.8, 4) is 28.7 Å². The SMILES string of the molecule is Clc1ccc(-c2noc(-c3cccnc3OCCN3CCCCC3)n2)cc1. The van der Waals surface area contributed by atoms with Crippen LogP contribution in [0.2, 0.25) is 5.02 Å². The number of aromatic nitrogens is 3. The monoisotopic (exact) mass is 384 g/mol. The first-order chi connectivity index (χ1) is 13.3. The number of hydrogen-bond donors (Lipinski definition) is 0. The van der Waals surface area contributed by atoms with Crippen molar-refractivity contribution in [2.24, 2.45) is 0 Å². The molecule has 1 saturated heterocycles. The van der Waals surface area contributed by atoms with Crippen LogP contribution in [0.4, 0.5) is 0 Å². The Kier molecular flexibility index (Phi) is 5.65. The van der Waals surface area contributed by atoms with Gasteiger partial charge in [0, 0.05) is 23.3 Å². The Labute approximate surface area is 163 Å². The third-order valence-electron chi connectivity index (χ3n) is 4.62. The van der Waals surface area contributed by atoms with E-state index in [2.05, 4.69) is 20.0 Å². The Morgan fingerprint density at radius 2 is 1.89 bits per heavy atom. The average molecular weight is 385 g/mol. The van der Waals surface area contributed by atoms with Crippen molar-refractivity contribution in [2.75, 3.05) is 26.2 Å². The zero-order valence-electron chi connectivity index (χ0n) is 15.0. The first-order valence-corrected chi connectivity index (χ1v) is 9.57. The van der Waals surface area contributed by atoms with Gasteiger partial charge in [-0.1, -0.05) is 23.2 Å². The molecular formula is C20H21ClN4O2. The molecule has 0 atom stereocenters. The quantitative estimate of drug-likeness (QED) is 0.630. The fourth-order valence-electron chi connectivity index (χ4n) is 3.17. The van der Waals surface area contributed by atoms with Gasteiger partial charge < -0.3 is 9.26 Å². The summed E-state index contributed by atoms with van der Waals surface area (Å²) in [4.78, 5) is 11.3. The number of likely N-dealkylation sites (tertiary alicyclic amines) is 1. The van der Waals surface area contributed by atoms with Gasteiger partial charge in [0.15, 0.2) is 0 Å². The molecule has 0 radical (unpaired) electrons. The zero-order valence-corrected chi connectivity index (χ0v) is 15.7. The molecule has 0 N–H and O–H groups in total. The van der Waals surface area contributed by atoms with Crippen molar-refractivity contribution in [3.05, 3.63) is 47.6 Å². The highest BCUT2D eigenvalue weighted by molar-refractivity contribution is 6.30. The summed E-state index contributed by atoms with van der Waals surface area (Å²) in [7, 11) is 0. The van der Waals surface area contributed by atoms with Crippen LogP contribution in [0, 0.1) is 0 Å². The van der Waals surface area contributed by atoms with Crippen molar-refractivity contribution in [2.45, 2.75) is 19.3 Å². The van der Waals surface area contributed by atoms with Crippen LogP contribution in [0.15, 0.2) is 47.1 Å². The van der Waals surface area contributed by atoms with E-state index in [9.17, 15) is 0 Å². The number of ether oxygens (including phenoxy) is 1. The van der Waals surface area contributed by atoms with Crippen molar-refractivity contribution >= 4 is 11.6 Å². The van der Waals surface area contributed by atoms with Crippen LogP contribution in [0.25, 0.3) is 22.8 Å². The van der Waals surface area contributed by atoms with Crippen molar-refractivity contribution < 1.29 is 9.26 Å². The molecule has 0 unspecified atom stereocenters. The van der Waals surface area contributed by atoms with Crippen LogP contribution in [0.5, 0.6) is 5.88 Å². The minimum atomic E-state index is 0.390. The van der Waals surface area contributed by atoms with Gasteiger partial charge in [0.25, 0.3) is 5.89 Å². The molecule has 0 spiro atoms. The third-order valence-corrected chi connectivity index (χ3v) is 4.88. The predicted octanol–water partition coefficient (Wildman–Crippen LogP) is 4.32. The van der Waals surface area contributed by atoms with Crippen LogP contribution in [0.3, 0.4) is 0 Å². The molecule has 0 aliphatic carbocycles. The molecule has 1 aliphatic rings. The summed E-state index contributed by atoms with van der Waals surface area (Å²) in [6, 6.07) is 11.0. The van der Waals surface area contributed by atoms with Gasteiger partial charge in [-0.25, -0.2) is 4.98 Å². The van der Waals surface area contributed by atoms with Crippen LogP contribution in [-0.4, -0.2) is 46.3 Å². The molecule has 1 aliphatic heterocycles. The second-order valence-corrected chi connectivity index (χ2v) is 6.97. The topological polar surface area (TPSA) is 64.3 Å². The minimum Gasteiger partial charge on any atom is -0.476 e. The zero-order chi connectivity index (χ0) is 18.5. The summed E-state index contributed by atoms with van der Waals surface area (Å²) in [5.74, 6) is 1.41. The average Bonchev–Trinajstić information content (AvgIpc) is 3.20. The fraction of sp³-hybridized carbons (Fsp3) is 0.350. The molecule has 1 fully saturated rings. The summed E-state index contributed by atoms with van der Waals surface area (Å²) < 4.78 is 11.4. The maximum absolute atomic E-state index is 5.93. The van der Waals surface area contributed by atoms with Gasteiger partial charge in [-0.2, -0.15) is 4.98 Å². The number of piperidine rings is 1. The van der Waals surface area contributed by atoms with E-state index in [1.54, 1.807) is 18.3 Å². The Bertz CT molecular complexity index is 876. The summed E-state index contributed by atoms with van der Waals surface area (Å²) in [5, 5.41) is 4.73. The standard InChI is InChI=1S/C20H21ClN4O2/c21-16-8-6-15(7-9-16)18-23-20(27-24-18)17-5-4-10-22-19(17)26-14-13-25-11-2-1-3-12-25/h4-10H,1-3,11-14H2. The van der Waals surface area contributed by atoms with Crippen LogP contribution >= 0.6 is 11.6 Å². The third kappa shape index (κ3) is 4.46. The van der Waals surface area contributed by atoms with Gasteiger partial charge in [0.1, 0.15) is 12.2 Å². The summed E-state index contributed by atoms with van der Waals surface area (Å²) in [5.41, 5.74) is 1.54. The Balaban J connectivity index is 1.46.